The summed E-state index contributed by atoms with van der Waals surface area (Å²) in [6.45, 7) is 20.3. The molecule has 0 fully saturated rings. The van der Waals surface area contributed by atoms with E-state index in [9.17, 15) is 17.6 Å². The van der Waals surface area contributed by atoms with Crippen LogP contribution in [-0.4, -0.2) is 0 Å². The van der Waals surface area contributed by atoms with Crippen LogP contribution in [0.1, 0.15) is 62.3 Å². The molecule has 0 aliphatic carbocycles. The van der Waals surface area contributed by atoms with Gasteiger partial charge < -0.3 is 0 Å². The summed E-state index contributed by atoms with van der Waals surface area (Å²) in [5, 5.41) is 0. The van der Waals surface area contributed by atoms with Gasteiger partial charge in [-0.25, -0.2) is 8.78 Å². The lowest BCUT2D eigenvalue weighted by Gasteiger charge is -1.92. The highest BCUT2D eigenvalue weighted by molar-refractivity contribution is 4.83. The van der Waals surface area contributed by atoms with E-state index in [1.807, 2.05) is 20.8 Å². The zero-order chi connectivity index (χ0) is 21.0. The second kappa shape index (κ2) is 22.7. The van der Waals surface area contributed by atoms with Gasteiger partial charge in [0.1, 0.15) is 0 Å². The first-order valence-corrected chi connectivity index (χ1v) is 8.58. The van der Waals surface area contributed by atoms with Gasteiger partial charge in [-0.15, -0.1) is 0 Å². The van der Waals surface area contributed by atoms with E-state index >= 15 is 0 Å². The summed E-state index contributed by atoms with van der Waals surface area (Å²) >= 11 is 0. The molecule has 0 N–H and O–H groups in total. The molecule has 25 heavy (non-hydrogen) atoms. The minimum absolute atomic E-state index is 0.00926. The largest absolute Gasteiger partial charge is 0.266 e. The summed E-state index contributed by atoms with van der Waals surface area (Å²) in [6, 6.07) is 0. The molecule has 0 rings (SSSR count). The SMILES string of the molecule is C/C=C\C(C)C.C=C(F)C(C)C.CC(C)/C=C/F.CC(C)C=C(F)F. The fourth-order valence-corrected chi connectivity index (χ4v) is 0.782. The van der Waals surface area contributed by atoms with Gasteiger partial charge in [0.05, 0.1) is 12.2 Å². The maximum atomic E-state index is 11.6. The summed E-state index contributed by atoms with van der Waals surface area (Å²) in [6.07, 6.45) is 5.64. The van der Waals surface area contributed by atoms with E-state index < -0.39 is 6.08 Å². The van der Waals surface area contributed by atoms with Gasteiger partial charge in [0.15, 0.2) is 0 Å². The van der Waals surface area contributed by atoms with Gasteiger partial charge in [0.25, 0.3) is 6.08 Å². The van der Waals surface area contributed by atoms with Crippen molar-refractivity contribution in [2.45, 2.75) is 62.3 Å². The van der Waals surface area contributed by atoms with Crippen LogP contribution in [0.2, 0.25) is 0 Å². The Morgan fingerprint density at radius 1 is 0.760 bits per heavy atom. The van der Waals surface area contributed by atoms with Gasteiger partial charge in [-0.3, -0.25) is 0 Å². The summed E-state index contributed by atoms with van der Waals surface area (Å²) < 4.78 is 45.0. The molecule has 0 aliphatic heterocycles. The van der Waals surface area contributed by atoms with Crippen LogP contribution in [0.3, 0.4) is 0 Å². The van der Waals surface area contributed by atoms with Crippen LogP contribution in [0.25, 0.3) is 0 Å². The number of allylic oxidation sites excluding steroid dienone is 5. The second-order valence-corrected chi connectivity index (χ2v) is 6.63. The van der Waals surface area contributed by atoms with Crippen molar-refractivity contribution >= 4 is 0 Å². The predicted octanol–water partition coefficient (Wildman–Crippen LogP) is 8.89. The molecule has 0 heterocycles. The van der Waals surface area contributed by atoms with Gasteiger partial charge in [-0.05, 0) is 30.8 Å². The molecule has 150 valence electrons. The van der Waals surface area contributed by atoms with Crippen molar-refractivity contribution in [1.82, 2.24) is 0 Å². The Bertz CT molecular complexity index is 342. The minimum atomic E-state index is -1.59. The molecule has 0 amide bonds. The normalized spacial score (nSPS) is 10.3. The van der Waals surface area contributed by atoms with E-state index in [2.05, 4.69) is 32.6 Å². The van der Waals surface area contributed by atoms with Gasteiger partial charge in [0, 0.05) is 5.92 Å². The smallest absolute Gasteiger partial charge is 0.216 e. The Hall–Kier alpha value is -1.32. The minimum Gasteiger partial charge on any atom is -0.216 e. The molecule has 0 spiro atoms. The lowest BCUT2D eigenvalue weighted by atomic mass is 10.2. The Labute approximate surface area is 153 Å². The highest BCUT2D eigenvalue weighted by Gasteiger charge is 1.92. The Morgan fingerprint density at radius 3 is 1.12 bits per heavy atom. The van der Waals surface area contributed by atoms with Crippen LogP contribution in [0, 0.1) is 23.7 Å². The van der Waals surface area contributed by atoms with Crippen molar-refractivity contribution < 1.29 is 17.6 Å². The zero-order valence-electron chi connectivity index (χ0n) is 17.4. The third-order valence-electron chi connectivity index (χ3n) is 2.12. The molecule has 0 unspecified atom stereocenters. The van der Waals surface area contributed by atoms with Gasteiger partial charge in [-0.1, -0.05) is 80.2 Å². The Kier molecular flexibility index (Phi) is 28.5. The molecule has 0 saturated carbocycles. The van der Waals surface area contributed by atoms with Crippen molar-refractivity contribution in [2.24, 2.45) is 23.7 Å². The lowest BCUT2D eigenvalue weighted by Crippen LogP contribution is -1.81. The topological polar surface area (TPSA) is 0 Å². The van der Waals surface area contributed by atoms with Gasteiger partial charge >= 0.3 is 0 Å². The quantitative estimate of drug-likeness (QED) is 0.344. The summed E-state index contributed by atoms with van der Waals surface area (Å²) in [4.78, 5) is 0. The van der Waals surface area contributed by atoms with Crippen LogP contribution >= 0.6 is 0 Å². The van der Waals surface area contributed by atoms with Crippen LogP contribution < -0.4 is 0 Å². The molecule has 0 aromatic carbocycles. The van der Waals surface area contributed by atoms with Crippen LogP contribution in [0.5, 0.6) is 0 Å². The maximum absolute atomic E-state index is 11.6. The van der Waals surface area contributed by atoms with Crippen LogP contribution in [-0.2, 0) is 0 Å². The van der Waals surface area contributed by atoms with Crippen molar-refractivity contribution in [3.05, 3.63) is 49.1 Å². The van der Waals surface area contributed by atoms with Crippen LogP contribution in [0.4, 0.5) is 17.6 Å². The molecule has 0 aromatic rings. The number of rotatable bonds is 4. The Balaban J connectivity index is -0.000000118. The predicted molar refractivity (Wildman–Crippen MR) is 105 cm³/mol. The van der Waals surface area contributed by atoms with E-state index in [1.54, 1.807) is 27.7 Å². The molecular formula is C21H38F4. The third-order valence-corrected chi connectivity index (χ3v) is 2.12. The van der Waals surface area contributed by atoms with Crippen molar-refractivity contribution in [2.75, 3.05) is 0 Å². The number of hydrogen-bond acceptors (Lipinski definition) is 0. The molecule has 0 aromatic heterocycles. The molecule has 0 atom stereocenters. The fourth-order valence-electron chi connectivity index (χ4n) is 0.782. The highest BCUT2D eigenvalue weighted by atomic mass is 19.3. The van der Waals surface area contributed by atoms with E-state index in [1.165, 1.54) is 6.08 Å². The fraction of sp³-hybridized carbons (Fsp3) is 0.619. The zero-order valence-corrected chi connectivity index (χ0v) is 17.4. The monoisotopic (exact) mass is 366 g/mol. The van der Waals surface area contributed by atoms with Crippen LogP contribution in [0.15, 0.2) is 49.1 Å². The maximum Gasteiger partial charge on any atom is 0.266 e. The van der Waals surface area contributed by atoms with E-state index in [0.717, 1.165) is 12.0 Å². The molecule has 4 heteroatoms. The first kappa shape index (κ1) is 31.4. The van der Waals surface area contributed by atoms with E-state index in [4.69, 9.17) is 0 Å². The van der Waals surface area contributed by atoms with E-state index in [-0.39, 0.29) is 17.7 Å². The van der Waals surface area contributed by atoms with Crippen molar-refractivity contribution in [1.29, 1.82) is 0 Å². The molecular weight excluding hydrogens is 328 g/mol. The standard InChI is InChI=1S/C6H12.C5H8F2.2C5H9F/c1-4-5-6(2)3;1-4(2)3-5(6)7;1-5(2)3-4-6;1-4(2)5(3)6/h4-6H,1-3H3;3-4H,1-2H3;3-5H,1-2H3;4H,3H2,1-2H3/b5-4-;;4-3+;. The average Bonchev–Trinajstić information content (AvgIpc) is 2.38. The molecule has 0 radical (unpaired) electrons. The number of hydrogen-bond donors (Lipinski definition) is 0. The number of halogens is 4. The third kappa shape index (κ3) is 60.3. The molecule has 0 bridgehead atoms. The first-order valence-electron chi connectivity index (χ1n) is 8.58. The first-order chi connectivity index (χ1) is 11.3. The van der Waals surface area contributed by atoms with Gasteiger partial charge in [-0.2, -0.15) is 8.78 Å². The van der Waals surface area contributed by atoms with E-state index in [0.29, 0.717) is 12.2 Å². The average molecular weight is 367 g/mol. The molecule has 0 aliphatic rings. The molecule has 0 nitrogen and oxygen atoms in total. The molecule has 0 saturated heterocycles. The van der Waals surface area contributed by atoms with Gasteiger partial charge in [0.2, 0.25) is 0 Å². The summed E-state index contributed by atoms with van der Waals surface area (Å²) in [5.74, 6) is 0.773. The summed E-state index contributed by atoms with van der Waals surface area (Å²) in [7, 11) is 0. The highest BCUT2D eigenvalue weighted by Crippen LogP contribution is 2.05. The summed E-state index contributed by atoms with van der Waals surface area (Å²) in [5.41, 5.74) is 0. The van der Waals surface area contributed by atoms with Crippen molar-refractivity contribution in [3.63, 3.8) is 0 Å². The Morgan fingerprint density at radius 2 is 1.12 bits per heavy atom. The second-order valence-electron chi connectivity index (χ2n) is 6.63. The lowest BCUT2D eigenvalue weighted by molar-refractivity contribution is 0.412. The van der Waals surface area contributed by atoms with Crippen molar-refractivity contribution in [3.8, 4) is 0 Å².